The lowest BCUT2D eigenvalue weighted by Crippen LogP contribution is -1.99. The first kappa shape index (κ1) is 17.1. The molecule has 0 aliphatic rings. The molecule has 0 amide bonds. The van der Waals surface area contributed by atoms with Gasteiger partial charge in [0.2, 0.25) is 0 Å². The Bertz CT molecular complexity index is 879. The van der Waals surface area contributed by atoms with E-state index in [0.717, 1.165) is 43.7 Å². The van der Waals surface area contributed by atoms with Crippen LogP contribution in [0.4, 0.5) is 0 Å². The quantitative estimate of drug-likeness (QED) is 0.485. The molecular formula is C21H22N6. The molecule has 0 radical (unpaired) electrons. The van der Waals surface area contributed by atoms with Crippen LogP contribution >= 0.6 is 0 Å². The SMILES string of the molecule is c1ccc(Cn2cc(CCCc3cn(Cc4ccccc4)nn3)nn2)cc1. The molecule has 2 heterocycles. The van der Waals surface area contributed by atoms with Crippen LogP contribution in [0.2, 0.25) is 0 Å². The summed E-state index contributed by atoms with van der Waals surface area (Å²) in [6.45, 7) is 1.50. The normalized spacial score (nSPS) is 11.0. The third-order valence-electron chi connectivity index (χ3n) is 4.41. The van der Waals surface area contributed by atoms with Gasteiger partial charge in [0.25, 0.3) is 0 Å². The summed E-state index contributed by atoms with van der Waals surface area (Å²) in [5.74, 6) is 0. The van der Waals surface area contributed by atoms with E-state index in [9.17, 15) is 0 Å². The monoisotopic (exact) mass is 358 g/mol. The van der Waals surface area contributed by atoms with Gasteiger partial charge in [-0.2, -0.15) is 0 Å². The van der Waals surface area contributed by atoms with Crippen molar-refractivity contribution in [3.05, 3.63) is 95.6 Å². The summed E-state index contributed by atoms with van der Waals surface area (Å²) in [7, 11) is 0. The van der Waals surface area contributed by atoms with Crippen LogP contribution in [0.25, 0.3) is 0 Å². The zero-order valence-corrected chi connectivity index (χ0v) is 15.1. The predicted molar refractivity (Wildman–Crippen MR) is 103 cm³/mol. The highest BCUT2D eigenvalue weighted by molar-refractivity contribution is 5.15. The molecule has 0 aliphatic heterocycles. The molecule has 0 aliphatic carbocycles. The molecule has 0 saturated heterocycles. The first-order valence-corrected chi connectivity index (χ1v) is 9.21. The number of rotatable bonds is 8. The van der Waals surface area contributed by atoms with Crippen LogP contribution in [0.3, 0.4) is 0 Å². The molecule has 2 aromatic heterocycles. The van der Waals surface area contributed by atoms with E-state index in [1.807, 2.05) is 58.2 Å². The molecule has 4 rings (SSSR count). The number of benzene rings is 2. The number of hydrogen-bond acceptors (Lipinski definition) is 4. The molecule has 0 fully saturated rings. The van der Waals surface area contributed by atoms with Crippen LogP contribution in [0.15, 0.2) is 73.1 Å². The Labute approximate surface area is 158 Å². The van der Waals surface area contributed by atoms with Crippen LogP contribution < -0.4 is 0 Å². The third kappa shape index (κ3) is 4.88. The van der Waals surface area contributed by atoms with E-state index in [1.54, 1.807) is 0 Å². The fourth-order valence-corrected chi connectivity index (χ4v) is 3.05. The fraction of sp³-hybridized carbons (Fsp3) is 0.238. The summed E-state index contributed by atoms with van der Waals surface area (Å²) in [4.78, 5) is 0. The summed E-state index contributed by atoms with van der Waals surface area (Å²) in [5, 5.41) is 17.0. The molecule has 136 valence electrons. The summed E-state index contributed by atoms with van der Waals surface area (Å²) < 4.78 is 3.78. The van der Waals surface area contributed by atoms with Crippen molar-refractivity contribution in [1.82, 2.24) is 30.0 Å². The molecule has 2 aromatic carbocycles. The topological polar surface area (TPSA) is 61.4 Å². The Kier molecular flexibility index (Phi) is 5.34. The summed E-state index contributed by atoms with van der Waals surface area (Å²) >= 11 is 0. The van der Waals surface area contributed by atoms with E-state index < -0.39 is 0 Å². The van der Waals surface area contributed by atoms with Crippen LogP contribution in [-0.4, -0.2) is 30.0 Å². The van der Waals surface area contributed by atoms with Crippen molar-refractivity contribution < 1.29 is 0 Å². The largest absolute Gasteiger partial charge is 0.248 e. The number of aryl methyl sites for hydroxylation is 2. The highest BCUT2D eigenvalue weighted by atomic mass is 15.4. The van der Waals surface area contributed by atoms with Crippen LogP contribution in [0, 0.1) is 0 Å². The van der Waals surface area contributed by atoms with E-state index in [1.165, 1.54) is 11.1 Å². The molecule has 0 N–H and O–H groups in total. The average molecular weight is 358 g/mol. The van der Waals surface area contributed by atoms with E-state index >= 15 is 0 Å². The number of hydrogen-bond donors (Lipinski definition) is 0. The van der Waals surface area contributed by atoms with Gasteiger partial charge in [-0.1, -0.05) is 71.1 Å². The Hall–Kier alpha value is -3.28. The van der Waals surface area contributed by atoms with Crippen molar-refractivity contribution in [3.63, 3.8) is 0 Å². The molecular weight excluding hydrogens is 336 g/mol. The van der Waals surface area contributed by atoms with Gasteiger partial charge < -0.3 is 0 Å². The lowest BCUT2D eigenvalue weighted by molar-refractivity contribution is 0.648. The zero-order valence-electron chi connectivity index (χ0n) is 15.1. The molecule has 0 unspecified atom stereocenters. The number of nitrogens with zero attached hydrogens (tertiary/aromatic N) is 6. The van der Waals surface area contributed by atoms with Gasteiger partial charge in [-0.25, -0.2) is 9.36 Å². The van der Waals surface area contributed by atoms with Crippen molar-refractivity contribution in [2.45, 2.75) is 32.4 Å². The van der Waals surface area contributed by atoms with Gasteiger partial charge in [-0.15, -0.1) is 10.2 Å². The Balaban J connectivity index is 1.25. The van der Waals surface area contributed by atoms with Crippen molar-refractivity contribution in [1.29, 1.82) is 0 Å². The van der Waals surface area contributed by atoms with Crippen LogP contribution in [0.5, 0.6) is 0 Å². The summed E-state index contributed by atoms with van der Waals surface area (Å²) in [5.41, 5.74) is 4.48. The molecule has 0 bridgehead atoms. The minimum Gasteiger partial charge on any atom is -0.248 e. The Morgan fingerprint density at radius 3 is 1.48 bits per heavy atom. The smallest absolute Gasteiger partial charge is 0.0827 e. The van der Waals surface area contributed by atoms with Gasteiger partial charge in [-0.3, -0.25) is 0 Å². The van der Waals surface area contributed by atoms with Gasteiger partial charge in [-0.05, 0) is 30.4 Å². The number of aromatic nitrogens is 6. The standard InChI is InChI=1S/C21H22N6/c1-3-8-18(9-4-1)14-26-16-20(22-24-26)12-7-13-21-17-27(25-23-21)15-19-10-5-2-6-11-19/h1-6,8-11,16-17H,7,12-15H2. The van der Waals surface area contributed by atoms with Crippen LogP contribution in [-0.2, 0) is 25.9 Å². The molecule has 0 atom stereocenters. The van der Waals surface area contributed by atoms with Crippen molar-refractivity contribution in [2.75, 3.05) is 0 Å². The van der Waals surface area contributed by atoms with Gasteiger partial charge in [0.1, 0.15) is 0 Å². The molecule has 0 saturated carbocycles. The first-order valence-electron chi connectivity index (χ1n) is 9.21. The Morgan fingerprint density at radius 1 is 0.593 bits per heavy atom. The lowest BCUT2D eigenvalue weighted by atomic mass is 10.1. The van der Waals surface area contributed by atoms with Crippen molar-refractivity contribution in [3.8, 4) is 0 Å². The highest BCUT2D eigenvalue weighted by Gasteiger charge is 2.05. The average Bonchev–Trinajstić information content (AvgIpc) is 3.33. The summed E-state index contributed by atoms with van der Waals surface area (Å²) in [6, 6.07) is 20.6. The maximum atomic E-state index is 4.28. The van der Waals surface area contributed by atoms with E-state index in [4.69, 9.17) is 0 Å². The van der Waals surface area contributed by atoms with Crippen molar-refractivity contribution in [2.24, 2.45) is 0 Å². The third-order valence-corrected chi connectivity index (χ3v) is 4.41. The molecule has 6 heteroatoms. The second kappa shape index (κ2) is 8.40. The van der Waals surface area contributed by atoms with Gasteiger partial charge >= 0.3 is 0 Å². The van der Waals surface area contributed by atoms with E-state index in [-0.39, 0.29) is 0 Å². The Morgan fingerprint density at radius 2 is 1.04 bits per heavy atom. The molecule has 27 heavy (non-hydrogen) atoms. The van der Waals surface area contributed by atoms with Crippen LogP contribution in [0.1, 0.15) is 28.9 Å². The van der Waals surface area contributed by atoms with Gasteiger partial charge in [0.15, 0.2) is 0 Å². The van der Waals surface area contributed by atoms with Gasteiger partial charge in [0, 0.05) is 12.4 Å². The van der Waals surface area contributed by atoms with Crippen molar-refractivity contribution >= 4 is 0 Å². The highest BCUT2D eigenvalue weighted by Crippen LogP contribution is 2.07. The lowest BCUT2D eigenvalue weighted by Gasteiger charge is -1.99. The fourth-order valence-electron chi connectivity index (χ4n) is 3.05. The molecule has 4 aromatic rings. The minimum atomic E-state index is 0.752. The predicted octanol–water partition coefficient (Wildman–Crippen LogP) is 3.14. The molecule has 6 nitrogen and oxygen atoms in total. The molecule has 0 spiro atoms. The maximum Gasteiger partial charge on any atom is 0.0827 e. The van der Waals surface area contributed by atoms with E-state index in [2.05, 4.69) is 44.9 Å². The minimum absolute atomic E-state index is 0.752. The first-order chi connectivity index (χ1) is 13.3. The van der Waals surface area contributed by atoms with Gasteiger partial charge in [0.05, 0.1) is 24.5 Å². The summed E-state index contributed by atoms with van der Waals surface area (Å²) in [6.07, 6.45) is 6.81. The second-order valence-corrected chi connectivity index (χ2v) is 6.64. The second-order valence-electron chi connectivity index (χ2n) is 6.64. The van der Waals surface area contributed by atoms with E-state index in [0.29, 0.717) is 0 Å². The maximum absolute atomic E-state index is 4.28. The zero-order chi connectivity index (χ0) is 18.3.